The molecule has 4 rings (SSSR count). The molecule has 0 bridgehead atoms. The molecule has 3 aromatic carbocycles. The lowest BCUT2D eigenvalue weighted by Crippen LogP contribution is -1.98. The number of fused-ring (bicyclic) bond motifs is 1. The zero-order valence-electron chi connectivity index (χ0n) is 14.1. The molecule has 3 aromatic rings. The Balaban J connectivity index is 1.54. The number of carbonyl (C=O) groups is 1. The molecule has 5 heteroatoms. The summed E-state index contributed by atoms with van der Waals surface area (Å²) < 4.78 is 11.5. The van der Waals surface area contributed by atoms with Gasteiger partial charge in [-0.25, -0.2) is 0 Å². The topological polar surface area (TPSA) is 35.5 Å². The lowest BCUT2D eigenvalue weighted by atomic mass is 10.1. The Bertz CT molecular complexity index is 1040. The van der Waals surface area contributed by atoms with Crippen molar-refractivity contribution < 1.29 is 14.3 Å². The van der Waals surface area contributed by atoms with Gasteiger partial charge in [0.05, 0.1) is 5.56 Å². The third-order valence-corrected chi connectivity index (χ3v) is 4.70. The van der Waals surface area contributed by atoms with E-state index in [1.165, 1.54) is 0 Å². The van der Waals surface area contributed by atoms with Gasteiger partial charge in [-0.3, -0.25) is 4.79 Å². The van der Waals surface area contributed by atoms with Gasteiger partial charge in [-0.1, -0.05) is 59.6 Å². The molecule has 0 aromatic heterocycles. The molecule has 1 aliphatic heterocycles. The molecule has 0 N–H and O–H groups in total. The number of rotatable bonds is 4. The predicted octanol–water partition coefficient (Wildman–Crippen LogP) is 6.19. The zero-order valence-corrected chi connectivity index (χ0v) is 15.6. The summed E-state index contributed by atoms with van der Waals surface area (Å²) in [5, 5.41) is 0.985. The highest BCUT2D eigenvalue weighted by molar-refractivity contribution is 6.35. The van der Waals surface area contributed by atoms with Crippen LogP contribution >= 0.6 is 23.2 Å². The number of allylic oxidation sites excluding steroid dienone is 1. The molecule has 0 fully saturated rings. The molecule has 0 aliphatic carbocycles. The van der Waals surface area contributed by atoms with E-state index in [-0.39, 0.29) is 11.5 Å². The van der Waals surface area contributed by atoms with E-state index in [9.17, 15) is 4.79 Å². The Kier molecular flexibility index (Phi) is 4.88. The summed E-state index contributed by atoms with van der Waals surface area (Å²) in [6.45, 7) is 0.441. The molecule has 0 unspecified atom stereocenters. The average Bonchev–Trinajstić information content (AvgIpc) is 2.98. The Hall–Kier alpha value is -2.75. The molecule has 27 heavy (non-hydrogen) atoms. The molecular formula is C22H14Cl2O3. The van der Waals surface area contributed by atoms with Crippen LogP contribution in [0, 0.1) is 0 Å². The molecule has 0 atom stereocenters. The van der Waals surface area contributed by atoms with Gasteiger partial charge in [0.15, 0.2) is 5.76 Å². The molecule has 1 aliphatic rings. The van der Waals surface area contributed by atoms with Gasteiger partial charge >= 0.3 is 0 Å². The Morgan fingerprint density at radius 1 is 0.963 bits per heavy atom. The average molecular weight is 397 g/mol. The first-order chi connectivity index (χ1) is 13.1. The number of carbonyl (C=O) groups excluding carboxylic acids is 1. The summed E-state index contributed by atoms with van der Waals surface area (Å²) in [6.07, 6.45) is 1.62. The maximum absolute atomic E-state index is 12.6. The monoisotopic (exact) mass is 396 g/mol. The third-order valence-electron chi connectivity index (χ3n) is 4.14. The number of ether oxygens (including phenoxy) is 2. The first-order valence-electron chi connectivity index (χ1n) is 8.30. The highest BCUT2D eigenvalue weighted by Crippen LogP contribution is 2.36. The normalized spacial score (nSPS) is 14.1. The maximum atomic E-state index is 12.6. The number of ketones is 1. The SMILES string of the molecule is O=C1/C(=C/c2ccc(Cl)cc2Cl)Oc2cc(OCc3ccccc3)ccc21. The first-order valence-corrected chi connectivity index (χ1v) is 9.06. The van der Waals surface area contributed by atoms with Crippen molar-refractivity contribution in [2.24, 2.45) is 0 Å². The highest BCUT2D eigenvalue weighted by atomic mass is 35.5. The van der Waals surface area contributed by atoms with Crippen LogP contribution in [0.4, 0.5) is 0 Å². The van der Waals surface area contributed by atoms with Crippen LogP contribution in [0.1, 0.15) is 21.5 Å². The summed E-state index contributed by atoms with van der Waals surface area (Å²) in [6, 6.07) is 20.1. The quantitative estimate of drug-likeness (QED) is 0.493. The number of hydrogen-bond donors (Lipinski definition) is 0. The minimum absolute atomic E-state index is 0.189. The van der Waals surface area contributed by atoms with Gasteiger partial charge in [0.25, 0.3) is 0 Å². The van der Waals surface area contributed by atoms with E-state index in [1.54, 1.807) is 42.5 Å². The lowest BCUT2D eigenvalue weighted by Gasteiger charge is -2.07. The van der Waals surface area contributed by atoms with Crippen LogP contribution in [0.5, 0.6) is 11.5 Å². The van der Waals surface area contributed by atoms with Crippen molar-refractivity contribution in [3.63, 3.8) is 0 Å². The molecule has 0 amide bonds. The van der Waals surface area contributed by atoms with Gasteiger partial charge in [-0.15, -0.1) is 0 Å². The number of halogens is 2. The van der Waals surface area contributed by atoms with Crippen LogP contribution in [-0.4, -0.2) is 5.78 Å². The predicted molar refractivity (Wildman–Crippen MR) is 107 cm³/mol. The minimum Gasteiger partial charge on any atom is -0.489 e. The second kappa shape index (κ2) is 7.47. The minimum atomic E-state index is -0.189. The summed E-state index contributed by atoms with van der Waals surface area (Å²) in [5.41, 5.74) is 2.23. The molecule has 0 saturated carbocycles. The van der Waals surface area contributed by atoms with Gasteiger partial charge in [-0.05, 0) is 41.5 Å². The molecule has 0 radical (unpaired) electrons. The zero-order chi connectivity index (χ0) is 18.8. The highest BCUT2D eigenvalue weighted by Gasteiger charge is 2.28. The van der Waals surface area contributed by atoms with E-state index in [0.717, 1.165) is 5.56 Å². The molecular weight excluding hydrogens is 383 g/mol. The van der Waals surface area contributed by atoms with Crippen molar-refractivity contribution in [2.75, 3.05) is 0 Å². The fourth-order valence-electron chi connectivity index (χ4n) is 2.76. The van der Waals surface area contributed by atoms with E-state index >= 15 is 0 Å². The van der Waals surface area contributed by atoms with Crippen molar-refractivity contribution >= 4 is 35.1 Å². The summed E-state index contributed by atoms with van der Waals surface area (Å²) in [7, 11) is 0. The van der Waals surface area contributed by atoms with Crippen LogP contribution in [0.15, 0.2) is 72.5 Å². The van der Waals surface area contributed by atoms with Gasteiger partial charge < -0.3 is 9.47 Å². The summed E-state index contributed by atoms with van der Waals surface area (Å²) in [5.74, 6) is 1.14. The Morgan fingerprint density at radius 3 is 2.56 bits per heavy atom. The van der Waals surface area contributed by atoms with E-state index in [4.69, 9.17) is 32.7 Å². The van der Waals surface area contributed by atoms with Crippen molar-refractivity contribution in [1.29, 1.82) is 0 Å². The van der Waals surface area contributed by atoms with Crippen molar-refractivity contribution in [1.82, 2.24) is 0 Å². The second-order valence-corrected chi connectivity index (χ2v) is 6.88. The molecule has 1 heterocycles. The summed E-state index contributed by atoms with van der Waals surface area (Å²) in [4.78, 5) is 12.6. The van der Waals surface area contributed by atoms with Crippen molar-refractivity contribution in [3.8, 4) is 11.5 Å². The van der Waals surface area contributed by atoms with Gasteiger partial charge in [-0.2, -0.15) is 0 Å². The van der Waals surface area contributed by atoms with Crippen molar-refractivity contribution in [2.45, 2.75) is 6.61 Å². The maximum Gasteiger partial charge on any atom is 0.231 e. The molecule has 0 saturated heterocycles. The van der Waals surface area contributed by atoms with E-state index in [2.05, 4.69) is 0 Å². The molecule has 3 nitrogen and oxygen atoms in total. The second-order valence-electron chi connectivity index (χ2n) is 6.04. The van der Waals surface area contributed by atoms with E-state index < -0.39 is 0 Å². The lowest BCUT2D eigenvalue weighted by molar-refractivity contribution is 0.101. The van der Waals surface area contributed by atoms with Gasteiger partial charge in [0.2, 0.25) is 5.78 Å². The van der Waals surface area contributed by atoms with Crippen LogP contribution in [-0.2, 0) is 6.61 Å². The van der Waals surface area contributed by atoms with Gasteiger partial charge in [0.1, 0.15) is 18.1 Å². The largest absolute Gasteiger partial charge is 0.489 e. The number of Topliss-reactive ketones (excluding diaryl/α,β-unsaturated/α-hetero) is 1. The molecule has 0 spiro atoms. The standard InChI is InChI=1S/C22H14Cl2O3/c23-16-7-6-15(19(24)11-16)10-21-22(25)18-9-8-17(12-20(18)27-21)26-13-14-4-2-1-3-5-14/h1-12H,13H2/b21-10-. The molecule has 134 valence electrons. The van der Waals surface area contributed by atoms with Crippen LogP contribution in [0.2, 0.25) is 10.0 Å². The van der Waals surface area contributed by atoms with Gasteiger partial charge in [0, 0.05) is 16.1 Å². The number of benzene rings is 3. The Labute approximate surface area is 166 Å². The van der Waals surface area contributed by atoms with E-state index in [1.807, 2.05) is 30.3 Å². The summed E-state index contributed by atoms with van der Waals surface area (Å²) >= 11 is 12.1. The fourth-order valence-corrected chi connectivity index (χ4v) is 3.22. The number of hydrogen-bond acceptors (Lipinski definition) is 3. The van der Waals surface area contributed by atoms with Crippen LogP contribution in [0.3, 0.4) is 0 Å². The fraction of sp³-hybridized carbons (Fsp3) is 0.0455. The smallest absolute Gasteiger partial charge is 0.231 e. The third kappa shape index (κ3) is 3.85. The Morgan fingerprint density at radius 2 is 1.78 bits per heavy atom. The van der Waals surface area contributed by atoms with E-state index in [0.29, 0.717) is 39.3 Å². The van der Waals surface area contributed by atoms with Crippen molar-refractivity contribution in [3.05, 3.63) is 99.2 Å². The van der Waals surface area contributed by atoms with Crippen LogP contribution in [0.25, 0.3) is 6.08 Å². The van der Waals surface area contributed by atoms with Crippen LogP contribution < -0.4 is 9.47 Å². The first kappa shape index (κ1) is 17.7.